The fraction of sp³-hybridized carbons (Fsp3) is 0.667. The van der Waals surface area contributed by atoms with E-state index in [-0.39, 0.29) is 5.41 Å². The molecule has 3 aliphatic carbocycles. The molecule has 3 fully saturated rings. The topological polar surface area (TPSA) is 60.7 Å². The van der Waals surface area contributed by atoms with Crippen molar-refractivity contribution in [1.82, 2.24) is 0 Å². The molecular weight excluding hydrogens is 408 g/mol. The highest BCUT2D eigenvalue weighted by Gasteiger charge is 2.50. The zero-order chi connectivity index (χ0) is 24.2. The van der Waals surface area contributed by atoms with Crippen LogP contribution in [-0.2, 0) is 0 Å². The molecule has 0 bridgehead atoms. The Hall–Kier alpha value is -1.60. The lowest BCUT2D eigenvalue weighted by molar-refractivity contribution is 0.0862. The zero-order valence-corrected chi connectivity index (χ0v) is 21.1. The monoisotopic (exact) mass is 452 g/mol. The molecule has 3 aliphatic rings. The molecule has 3 rings (SSSR count). The van der Waals surface area contributed by atoms with Crippen molar-refractivity contribution in [3.05, 3.63) is 47.6 Å². The molecular formula is C30H44O3. The summed E-state index contributed by atoms with van der Waals surface area (Å²) in [4.78, 5) is 0. The van der Waals surface area contributed by atoms with Crippen molar-refractivity contribution in [2.75, 3.05) is 0 Å². The first-order valence-corrected chi connectivity index (χ1v) is 13.0. The molecule has 0 amide bonds. The first-order chi connectivity index (χ1) is 15.6. The molecule has 3 nitrogen and oxygen atoms in total. The van der Waals surface area contributed by atoms with E-state index in [1.54, 1.807) is 0 Å². The fourth-order valence-corrected chi connectivity index (χ4v) is 6.55. The minimum Gasteiger partial charge on any atom is -0.393 e. The Morgan fingerprint density at radius 3 is 2.64 bits per heavy atom. The van der Waals surface area contributed by atoms with Gasteiger partial charge in [0.15, 0.2) is 0 Å². The minimum atomic E-state index is -0.870. The summed E-state index contributed by atoms with van der Waals surface area (Å²) in [6, 6.07) is 0. The van der Waals surface area contributed by atoms with Crippen molar-refractivity contribution in [3.63, 3.8) is 0 Å². The molecule has 3 heteroatoms. The van der Waals surface area contributed by atoms with Gasteiger partial charge >= 0.3 is 0 Å². The van der Waals surface area contributed by atoms with Gasteiger partial charge in [-0.25, -0.2) is 0 Å². The Bertz CT molecular complexity index is 863. The number of allylic oxidation sites excluding steroid dienone is 5. The molecule has 0 heterocycles. The van der Waals surface area contributed by atoms with Gasteiger partial charge in [0.05, 0.1) is 12.2 Å². The highest BCUT2D eigenvalue weighted by molar-refractivity contribution is 5.38. The number of aliphatic hydroxyl groups excluding tert-OH is 2. The van der Waals surface area contributed by atoms with E-state index in [0.29, 0.717) is 43.4 Å². The van der Waals surface area contributed by atoms with Crippen molar-refractivity contribution < 1.29 is 15.3 Å². The average Bonchev–Trinajstić information content (AvgIpc) is 3.15. The third kappa shape index (κ3) is 5.73. The molecule has 0 aliphatic heterocycles. The van der Waals surface area contributed by atoms with Gasteiger partial charge in [0, 0.05) is 6.42 Å². The molecule has 182 valence electrons. The van der Waals surface area contributed by atoms with E-state index in [4.69, 9.17) is 0 Å². The van der Waals surface area contributed by atoms with Crippen LogP contribution in [0.15, 0.2) is 47.6 Å². The molecule has 3 saturated carbocycles. The number of rotatable bonds is 5. The van der Waals surface area contributed by atoms with Gasteiger partial charge in [-0.15, -0.1) is 0 Å². The summed E-state index contributed by atoms with van der Waals surface area (Å²) in [7, 11) is 0. The Labute approximate surface area is 201 Å². The van der Waals surface area contributed by atoms with E-state index in [2.05, 4.69) is 50.5 Å². The molecule has 33 heavy (non-hydrogen) atoms. The molecule has 0 aromatic heterocycles. The van der Waals surface area contributed by atoms with Gasteiger partial charge in [-0.05, 0) is 91.8 Å². The van der Waals surface area contributed by atoms with E-state index in [0.717, 1.165) is 17.6 Å². The second-order valence-electron chi connectivity index (χ2n) is 10.9. The Balaban J connectivity index is 1.73. The lowest BCUT2D eigenvalue weighted by Crippen LogP contribution is -2.35. The van der Waals surface area contributed by atoms with Crippen molar-refractivity contribution in [2.24, 2.45) is 23.2 Å². The molecule has 6 atom stereocenters. The third-order valence-electron chi connectivity index (χ3n) is 8.89. The maximum absolute atomic E-state index is 10.4. The van der Waals surface area contributed by atoms with Gasteiger partial charge < -0.3 is 15.3 Å². The van der Waals surface area contributed by atoms with E-state index < -0.39 is 17.8 Å². The highest BCUT2D eigenvalue weighted by Crippen LogP contribution is 2.59. The van der Waals surface area contributed by atoms with E-state index >= 15 is 0 Å². The quantitative estimate of drug-likeness (QED) is 0.457. The molecule has 0 radical (unpaired) electrons. The molecule has 0 aromatic carbocycles. The zero-order valence-electron chi connectivity index (χ0n) is 21.1. The van der Waals surface area contributed by atoms with Crippen LogP contribution < -0.4 is 0 Å². The van der Waals surface area contributed by atoms with Crippen LogP contribution in [-0.4, -0.2) is 33.1 Å². The SMILES string of the molecule is C=C1C(=CC=C2CCC[C@]3(C)[C@@H]([C@H](C)C=CC#CC(O)(CC)CC)CC[C@@H]23)C[C@@H](O)C[C@@H]1O. The van der Waals surface area contributed by atoms with Gasteiger partial charge in [-0.3, -0.25) is 0 Å². The van der Waals surface area contributed by atoms with Crippen molar-refractivity contribution >= 4 is 0 Å². The Morgan fingerprint density at radius 2 is 1.94 bits per heavy atom. The predicted molar refractivity (Wildman–Crippen MR) is 136 cm³/mol. The van der Waals surface area contributed by atoms with Crippen molar-refractivity contribution in [3.8, 4) is 11.8 Å². The average molecular weight is 453 g/mol. The maximum atomic E-state index is 10.4. The second kappa shape index (κ2) is 10.8. The van der Waals surface area contributed by atoms with Gasteiger partial charge in [0.2, 0.25) is 0 Å². The number of aliphatic hydroxyl groups is 3. The third-order valence-corrected chi connectivity index (χ3v) is 8.89. The number of fused-ring (bicyclic) bond motifs is 1. The van der Waals surface area contributed by atoms with E-state index in [1.807, 2.05) is 19.9 Å². The maximum Gasteiger partial charge on any atom is 0.125 e. The summed E-state index contributed by atoms with van der Waals surface area (Å²) < 4.78 is 0. The van der Waals surface area contributed by atoms with Crippen LogP contribution in [0, 0.1) is 35.0 Å². The lowest BCUT2D eigenvalue weighted by Gasteiger charge is -2.44. The summed E-state index contributed by atoms with van der Waals surface area (Å²) in [5, 5.41) is 30.6. The summed E-state index contributed by atoms with van der Waals surface area (Å²) >= 11 is 0. The lowest BCUT2D eigenvalue weighted by atomic mass is 9.61. The van der Waals surface area contributed by atoms with Crippen molar-refractivity contribution in [1.29, 1.82) is 0 Å². The van der Waals surface area contributed by atoms with Crippen LogP contribution in [0.5, 0.6) is 0 Å². The molecule has 0 aromatic rings. The molecule has 0 unspecified atom stereocenters. The molecule has 0 spiro atoms. The minimum absolute atomic E-state index is 0.288. The van der Waals surface area contributed by atoms with E-state index in [9.17, 15) is 15.3 Å². The summed E-state index contributed by atoms with van der Waals surface area (Å²) in [6.07, 6.45) is 15.8. The van der Waals surface area contributed by atoms with Crippen LogP contribution >= 0.6 is 0 Å². The molecule has 0 saturated heterocycles. The van der Waals surface area contributed by atoms with Crippen LogP contribution in [0.25, 0.3) is 0 Å². The summed E-state index contributed by atoms with van der Waals surface area (Å²) in [5.41, 5.74) is 2.69. The van der Waals surface area contributed by atoms with Gasteiger partial charge in [0.25, 0.3) is 0 Å². The first-order valence-electron chi connectivity index (χ1n) is 13.0. The van der Waals surface area contributed by atoms with Gasteiger partial charge in [-0.2, -0.15) is 0 Å². The van der Waals surface area contributed by atoms with Crippen molar-refractivity contribution in [2.45, 2.75) is 103 Å². The normalized spacial score (nSPS) is 36.2. The summed E-state index contributed by atoms with van der Waals surface area (Å²) in [6.45, 7) is 12.8. The standard InChI is InChI=1S/C30H44O3/c1-6-30(33,7-2)18-9-8-11-21(3)26-15-16-27-23(12-10-17-29(26,27)5)13-14-24-19-25(31)20-28(32)22(24)4/h8,11,13-14,21,25-28,31-33H,4,6-7,10,12,15-17,19-20H2,1-3,5H3/t21-,25-,26-,27+,28+,29-/m1/s1. The van der Waals surface area contributed by atoms with Gasteiger partial charge in [-0.1, -0.05) is 69.9 Å². The summed E-state index contributed by atoms with van der Waals surface area (Å²) in [5.74, 6) is 7.79. The number of hydrogen-bond donors (Lipinski definition) is 3. The predicted octanol–water partition coefficient (Wildman–Crippen LogP) is 5.87. The van der Waals surface area contributed by atoms with Gasteiger partial charge in [0.1, 0.15) is 5.60 Å². The van der Waals surface area contributed by atoms with Crippen LogP contribution in [0.1, 0.15) is 85.5 Å². The van der Waals surface area contributed by atoms with Crippen LogP contribution in [0.2, 0.25) is 0 Å². The smallest absolute Gasteiger partial charge is 0.125 e. The van der Waals surface area contributed by atoms with Crippen LogP contribution in [0.4, 0.5) is 0 Å². The largest absolute Gasteiger partial charge is 0.393 e. The second-order valence-corrected chi connectivity index (χ2v) is 10.9. The molecule has 3 N–H and O–H groups in total. The first kappa shape index (κ1) is 26.0. The Morgan fingerprint density at radius 1 is 1.21 bits per heavy atom. The number of hydrogen-bond acceptors (Lipinski definition) is 3. The highest BCUT2D eigenvalue weighted by atomic mass is 16.3. The fourth-order valence-electron chi connectivity index (χ4n) is 6.55. The Kier molecular flexibility index (Phi) is 8.49. The van der Waals surface area contributed by atoms with Crippen LogP contribution in [0.3, 0.4) is 0 Å². The van der Waals surface area contributed by atoms with E-state index in [1.165, 1.54) is 31.3 Å².